The zero-order chi connectivity index (χ0) is 11.1. The molecular weight excluding hydrogens is 188 g/mol. The number of hydrogen-bond donors (Lipinski definition) is 1. The van der Waals surface area contributed by atoms with E-state index in [2.05, 4.69) is 13.8 Å². The van der Waals surface area contributed by atoms with E-state index in [1.165, 1.54) is 25.7 Å². The molecule has 2 heteroatoms. The third kappa shape index (κ3) is 4.52. The second kappa shape index (κ2) is 7.24. The molecule has 0 bridgehead atoms. The molecule has 2 nitrogen and oxygen atoms in total. The van der Waals surface area contributed by atoms with Gasteiger partial charge in [-0.15, -0.1) is 0 Å². The maximum Gasteiger partial charge on any atom is 0.0834 e. The van der Waals surface area contributed by atoms with Crippen LogP contribution in [0.25, 0.3) is 0 Å². The summed E-state index contributed by atoms with van der Waals surface area (Å²) in [6.45, 7) is 5.29. The summed E-state index contributed by atoms with van der Waals surface area (Å²) in [7, 11) is 0. The summed E-state index contributed by atoms with van der Waals surface area (Å²) >= 11 is 0. The Labute approximate surface area is 94.0 Å². The van der Waals surface area contributed by atoms with E-state index in [1.807, 2.05) is 0 Å². The van der Waals surface area contributed by atoms with Crippen LogP contribution < -0.4 is 0 Å². The fourth-order valence-corrected chi connectivity index (χ4v) is 2.38. The molecule has 1 saturated heterocycles. The Kier molecular flexibility index (Phi) is 6.26. The first-order valence-electron chi connectivity index (χ1n) is 6.57. The standard InChI is InChI=1S/C13H26O2/c1-3-5-7-11(4-2)10-12(14)13-8-6-9-15-13/h11-14H,3-10H2,1-2H3. The van der Waals surface area contributed by atoms with Crippen molar-refractivity contribution in [1.29, 1.82) is 0 Å². The molecule has 0 spiro atoms. The van der Waals surface area contributed by atoms with E-state index in [0.29, 0.717) is 5.92 Å². The predicted molar refractivity (Wildman–Crippen MR) is 62.9 cm³/mol. The Morgan fingerprint density at radius 3 is 2.73 bits per heavy atom. The van der Waals surface area contributed by atoms with Crippen molar-refractivity contribution in [3.63, 3.8) is 0 Å². The molecule has 1 N–H and O–H groups in total. The highest BCUT2D eigenvalue weighted by molar-refractivity contribution is 4.76. The molecule has 1 aliphatic heterocycles. The fourth-order valence-electron chi connectivity index (χ4n) is 2.38. The van der Waals surface area contributed by atoms with Crippen molar-refractivity contribution in [2.45, 2.75) is 71.0 Å². The molecule has 0 saturated carbocycles. The number of aliphatic hydroxyl groups excluding tert-OH is 1. The summed E-state index contributed by atoms with van der Waals surface area (Å²) in [6, 6.07) is 0. The van der Waals surface area contributed by atoms with E-state index in [9.17, 15) is 5.11 Å². The van der Waals surface area contributed by atoms with Gasteiger partial charge in [0.15, 0.2) is 0 Å². The lowest BCUT2D eigenvalue weighted by Crippen LogP contribution is -2.27. The van der Waals surface area contributed by atoms with Crippen molar-refractivity contribution >= 4 is 0 Å². The topological polar surface area (TPSA) is 29.5 Å². The van der Waals surface area contributed by atoms with Crippen molar-refractivity contribution in [1.82, 2.24) is 0 Å². The van der Waals surface area contributed by atoms with Crippen molar-refractivity contribution in [3.8, 4) is 0 Å². The number of rotatable bonds is 7. The molecule has 1 aliphatic rings. The lowest BCUT2D eigenvalue weighted by atomic mass is 9.91. The summed E-state index contributed by atoms with van der Waals surface area (Å²) in [6.07, 6.45) is 7.99. The molecule has 1 heterocycles. The minimum Gasteiger partial charge on any atom is -0.390 e. The first-order chi connectivity index (χ1) is 7.27. The molecule has 0 radical (unpaired) electrons. The summed E-state index contributed by atoms with van der Waals surface area (Å²) < 4.78 is 5.51. The maximum atomic E-state index is 10.0. The molecule has 90 valence electrons. The molecule has 0 aromatic rings. The Morgan fingerprint density at radius 2 is 2.20 bits per heavy atom. The van der Waals surface area contributed by atoms with Gasteiger partial charge in [-0.2, -0.15) is 0 Å². The van der Waals surface area contributed by atoms with Gasteiger partial charge < -0.3 is 9.84 Å². The van der Waals surface area contributed by atoms with Crippen LogP contribution in [0.3, 0.4) is 0 Å². The van der Waals surface area contributed by atoms with Crippen LogP contribution in [-0.4, -0.2) is 23.9 Å². The third-order valence-electron chi connectivity index (χ3n) is 3.51. The maximum absolute atomic E-state index is 10.0. The zero-order valence-electron chi connectivity index (χ0n) is 10.2. The number of unbranched alkanes of at least 4 members (excludes halogenated alkanes) is 1. The van der Waals surface area contributed by atoms with Crippen LogP contribution in [-0.2, 0) is 4.74 Å². The summed E-state index contributed by atoms with van der Waals surface area (Å²) in [4.78, 5) is 0. The second-order valence-electron chi connectivity index (χ2n) is 4.77. The summed E-state index contributed by atoms with van der Waals surface area (Å²) in [5.41, 5.74) is 0. The first-order valence-corrected chi connectivity index (χ1v) is 6.57. The van der Waals surface area contributed by atoms with Gasteiger partial charge in [0.05, 0.1) is 12.2 Å². The van der Waals surface area contributed by atoms with Crippen LogP contribution in [0.2, 0.25) is 0 Å². The minimum absolute atomic E-state index is 0.126. The zero-order valence-corrected chi connectivity index (χ0v) is 10.2. The molecule has 0 aromatic carbocycles. The Bertz CT molecular complexity index is 153. The normalized spacial score (nSPS) is 25.4. The molecule has 15 heavy (non-hydrogen) atoms. The van der Waals surface area contributed by atoms with Gasteiger partial charge in [-0.1, -0.05) is 39.5 Å². The summed E-state index contributed by atoms with van der Waals surface area (Å²) in [5.74, 6) is 0.684. The number of hydrogen-bond acceptors (Lipinski definition) is 2. The van der Waals surface area contributed by atoms with Crippen LogP contribution in [0.4, 0.5) is 0 Å². The molecule has 3 unspecified atom stereocenters. The van der Waals surface area contributed by atoms with Gasteiger partial charge in [-0.25, -0.2) is 0 Å². The first kappa shape index (κ1) is 13.0. The van der Waals surface area contributed by atoms with Crippen LogP contribution in [0.5, 0.6) is 0 Å². The van der Waals surface area contributed by atoms with Crippen molar-refractivity contribution in [2.24, 2.45) is 5.92 Å². The van der Waals surface area contributed by atoms with Crippen molar-refractivity contribution < 1.29 is 9.84 Å². The average molecular weight is 214 g/mol. The Morgan fingerprint density at radius 1 is 1.40 bits per heavy atom. The highest BCUT2D eigenvalue weighted by atomic mass is 16.5. The van der Waals surface area contributed by atoms with Crippen molar-refractivity contribution in [3.05, 3.63) is 0 Å². The van der Waals surface area contributed by atoms with Gasteiger partial charge in [-0.05, 0) is 25.2 Å². The van der Waals surface area contributed by atoms with E-state index in [4.69, 9.17) is 4.74 Å². The van der Waals surface area contributed by atoms with Gasteiger partial charge in [0.1, 0.15) is 0 Å². The Hall–Kier alpha value is -0.0800. The molecule has 3 atom stereocenters. The number of aliphatic hydroxyl groups is 1. The quantitative estimate of drug-likeness (QED) is 0.705. The monoisotopic (exact) mass is 214 g/mol. The molecular formula is C13H26O2. The second-order valence-corrected chi connectivity index (χ2v) is 4.77. The predicted octanol–water partition coefficient (Wildman–Crippen LogP) is 3.13. The lowest BCUT2D eigenvalue weighted by molar-refractivity contribution is -0.0140. The molecule has 1 fully saturated rings. The number of ether oxygens (including phenoxy) is 1. The SMILES string of the molecule is CCCCC(CC)CC(O)C1CCCO1. The van der Waals surface area contributed by atoms with Crippen LogP contribution in [0.1, 0.15) is 58.8 Å². The third-order valence-corrected chi connectivity index (χ3v) is 3.51. The highest BCUT2D eigenvalue weighted by Crippen LogP contribution is 2.24. The molecule has 0 aromatic heterocycles. The molecule has 0 aliphatic carbocycles. The highest BCUT2D eigenvalue weighted by Gasteiger charge is 2.25. The van der Waals surface area contributed by atoms with E-state index in [0.717, 1.165) is 25.9 Å². The van der Waals surface area contributed by atoms with Gasteiger partial charge in [-0.3, -0.25) is 0 Å². The van der Waals surface area contributed by atoms with E-state index in [-0.39, 0.29) is 12.2 Å². The lowest BCUT2D eigenvalue weighted by Gasteiger charge is -2.22. The van der Waals surface area contributed by atoms with Crippen LogP contribution >= 0.6 is 0 Å². The largest absolute Gasteiger partial charge is 0.390 e. The minimum atomic E-state index is -0.227. The molecule has 0 amide bonds. The van der Waals surface area contributed by atoms with Crippen molar-refractivity contribution in [2.75, 3.05) is 6.61 Å². The summed E-state index contributed by atoms with van der Waals surface area (Å²) in [5, 5.41) is 10.0. The van der Waals surface area contributed by atoms with E-state index in [1.54, 1.807) is 0 Å². The van der Waals surface area contributed by atoms with Gasteiger partial charge in [0, 0.05) is 6.61 Å². The van der Waals surface area contributed by atoms with Gasteiger partial charge in [0.25, 0.3) is 0 Å². The van der Waals surface area contributed by atoms with Gasteiger partial charge >= 0.3 is 0 Å². The fraction of sp³-hybridized carbons (Fsp3) is 1.00. The Balaban J connectivity index is 2.23. The van der Waals surface area contributed by atoms with E-state index < -0.39 is 0 Å². The van der Waals surface area contributed by atoms with Crippen LogP contribution in [0, 0.1) is 5.92 Å². The smallest absolute Gasteiger partial charge is 0.0834 e. The average Bonchev–Trinajstić information content (AvgIpc) is 2.77. The van der Waals surface area contributed by atoms with Gasteiger partial charge in [0.2, 0.25) is 0 Å². The van der Waals surface area contributed by atoms with Crippen LogP contribution in [0.15, 0.2) is 0 Å². The van der Waals surface area contributed by atoms with E-state index >= 15 is 0 Å². The molecule has 1 rings (SSSR count).